The Bertz CT molecular complexity index is 2870. The molecule has 2 nitrogen and oxygen atoms in total. The van der Waals surface area contributed by atoms with Crippen LogP contribution in [0, 0.1) is 0 Å². The number of ether oxygens (including phenoxy) is 1. The molecule has 2 aromatic heterocycles. The summed E-state index contributed by atoms with van der Waals surface area (Å²) in [7, 11) is 0. The van der Waals surface area contributed by atoms with Gasteiger partial charge in [-0.2, -0.15) is 0 Å². The van der Waals surface area contributed by atoms with Crippen LogP contribution in [0.15, 0.2) is 181 Å². The number of rotatable bonds is 5. The monoisotopic (exact) mass is 701 g/mol. The molecule has 0 amide bonds. The molecule has 7 aromatic carbocycles. The topological polar surface area (TPSA) is 12.5 Å². The summed E-state index contributed by atoms with van der Waals surface area (Å²) in [5.74, 6) is 1.15. The Hall–Kier alpha value is -5.94. The van der Waals surface area contributed by atoms with E-state index in [1.54, 1.807) is 11.3 Å². The lowest BCUT2D eigenvalue weighted by atomic mass is 9.85. The predicted molar refractivity (Wildman–Crippen MR) is 222 cm³/mol. The standard InChI is InChI=1S/C48H31NOS2/c1-2-8-30(9-3-1)33-15-14-31-16-21-36(27-34(31)26-33)49(35-19-17-32(18-20-35)45-29-46-44(52-45)24-25-51-46)37-22-23-42-43(28-37)50-48-41-13-7-5-11-39(41)38-10-4-6-12-40(38)47(42)48/h1-29,42-43H. The van der Waals surface area contributed by atoms with Crippen molar-refractivity contribution in [3.8, 4) is 27.3 Å². The highest BCUT2D eigenvalue weighted by Gasteiger charge is 2.37. The van der Waals surface area contributed by atoms with Crippen LogP contribution in [0.4, 0.5) is 11.4 Å². The first-order valence-corrected chi connectivity index (χ1v) is 19.4. The van der Waals surface area contributed by atoms with Crippen molar-refractivity contribution >= 4 is 75.8 Å². The van der Waals surface area contributed by atoms with Gasteiger partial charge in [-0.05, 0) is 104 Å². The van der Waals surface area contributed by atoms with Gasteiger partial charge in [-0.25, -0.2) is 0 Å². The van der Waals surface area contributed by atoms with Gasteiger partial charge in [-0.1, -0.05) is 115 Å². The summed E-state index contributed by atoms with van der Waals surface area (Å²) >= 11 is 3.67. The number of nitrogens with zero attached hydrogens (tertiary/aromatic N) is 1. The fourth-order valence-corrected chi connectivity index (χ4v) is 10.3. The number of anilines is 2. The number of allylic oxidation sites excluding steroid dienone is 1. The van der Waals surface area contributed by atoms with E-state index in [2.05, 4.69) is 180 Å². The third kappa shape index (κ3) is 4.76. The van der Waals surface area contributed by atoms with Gasteiger partial charge >= 0.3 is 0 Å². The summed E-state index contributed by atoms with van der Waals surface area (Å²) in [5.41, 5.74) is 8.29. The Labute approximate surface area is 309 Å². The third-order valence-electron chi connectivity index (χ3n) is 10.7. The van der Waals surface area contributed by atoms with Crippen LogP contribution >= 0.6 is 22.7 Å². The van der Waals surface area contributed by atoms with Gasteiger partial charge < -0.3 is 9.64 Å². The Morgan fingerprint density at radius 2 is 1.25 bits per heavy atom. The van der Waals surface area contributed by atoms with Gasteiger partial charge in [0.25, 0.3) is 0 Å². The van der Waals surface area contributed by atoms with Crippen LogP contribution in [0.2, 0.25) is 0 Å². The molecule has 0 spiro atoms. The van der Waals surface area contributed by atoms with Crippen molar-refractivity contribution in [2.24, 2.45) is 0 Å². The molecule has 0 fully saturated rings. The van der Waals surface area contributed by atoms with Crippen molar-refractivity contribution < 1.29 is 4.74 Å². The van der Waals surface area contributed by atoms with Gasteiger partial charge in [-0.3, -0.25) is 0 Å². The summed E-state index contributed by atoms with van der Waals surface area (Å²) < 4.78 is 9.66. The minimum absolute atomic E-state index is 0.116. The molecule has 0 bridgehead atoms. The Morgan fingerprint density at radius 1 is 0.538 bits per heavy atom. The number of hydrogen-bond donors (Lipinski definition) is 0. The number of benzene rings is 7. The zero-order valence-electron chi connectivity index (χ0n) is 28.1. The molecule has 0 saturated carbocycles. The molecule has 4 heteroatoms. The van der Waals surface area contributed by atoms with Crippen molar-refractivity contribution in [2.75, 3.05) is 4.90 Å². The van der Waals surface area contributed by atoms with Crippen LogP contribution in [0.25, 0.3) is 63.3 Å². The number of thiophene rings is 2. The average Bonchev–Trinajstić information content (AvgIpc) is 3.93. The maximum atomic E-state index is 6.97. The second-order valence-corrected chi connectivity index (χ2v) is 15.7. The highest BCUT2D eigenvalue weighted by molar-refractivity contribution is 7.28. The molecule has 2 unspecified atom stereocenters. The van der Waals surface area contributed by atoms with Crippen LogP contribution in [-0.4, -0.2) is 6.10 Å². The van der Waals surface area contributed by atoms with E-state index in [9.17, 15) is 0 Å². The first kappa shape index (κ1) is 29.8. The Kier molecular flexibility index (Phi) is 6.76. The average molecular weight is 702 g/mol. The minimum atomic E-state index is -0.116. The van der Waals surface area contributed by atoms with E-state index < -0.39 is 0 Å². The molecule has 1 aliphatic carbocycles. The van der Waals surface area contributed by atoms with E-state index in [1.165, 1.54) is 68.8 Å². The van der Waals surface area contributed by atoms with Crippen LogP contribution in [0.1, 0.15) is 11.5 Å². The molecule has 2 atom stereocenters. The number of hydrogen-bond acceptors (Lipinski definition) is 4. The summed E-state index contributed by atoms with van der Waals surface area (Å²) in [5, 5.41) is 9.57. The minimum Gasteiger partial charge on any atom is -0.484 e. The normalized spacial score (nSPS) is 16.3. The largest absolute Gasteiger partial charge is 0.484 e. The van der Waals surface area contributed by atoms with Gasteiger partial charge in [0.1, 0.15) is 11.9 Å². The fraction of sp³-hybridized carbons (Fsp3) is 0.0417. The highest BCUT2D eigenvalue weighted by atomic mass is 32.1. The zero-order valence-corrected chi connectivity index (χ0v) is 29.7. The van der Waals surface area contributed by atoms with E-state index in [0.29, 0.717) is 0 Å². The molecule has 2 aliphatic rings. The Morgan fingerprint density at radius 3 is 2.08 bits per heavy atom. The third-order valence-corrected chi connectivity index (χ3v) is 12.8. The molecular weight excluding hydrogens is 671 g/mol. The zero-order chi connectivity index (χ0) is 34.2. The summed E-state index contributed by atoms with van der Waals surface area (Å²) in [6.45, 7) is 0. The van der Waals surface area contributed by atoms with Crippen molar-refractivity contribution in [3.05, 3.63) is 187 Å². The summed E-state index contributed by atoms with van der Waals surface area (Å²) in [6.07, 6.45) is 6.88. The second kappa shape index (κ2) is 11.8. The molecule has 0 N–H and O–H groups in total. The van der Waals surface area contributed by atoms with Crippen molar-refractivity contribution in [1.29, 1.82) is 0 Å². The van der Waals surface area contributed by atoms with Gasteiger partial charge in [0, 0.05) is 48.2 Å². The quantitative estimate of drug-likeness (QED) is 0.166. The Balaban J connectivity index is 1.04. The first-order valence-electron chi connectivity index (χ1n) is 17.7. The van der Waals surface area contributed by atoms with E-state index in [-0.39, 0.29) is 12.0 Å². The first-order chi connectivity index (χ1) is 25.7. The molecule has 9 aromatic rings. The lowest BCUT2D eigenvalue weighted by molar-refractivity contribution is 0.270. The molecule has 52 heavy (non-hydrogen) atoms. The molecule has 0 saturated heterocycles. The van der Waals surface area contributed by atoms with E-state index >= 15 is 0 Å². The molecule has 246 valence electrons. The molecule has 3 heterocycles. The second-order valence-electron chi connectivity index (χ2n) is 13.6. The molecular formula is C48H31NOS2. The van der Waals surface area contributed by atoms with E-state index in [4.69, 9.17) is 4.74 Å². The number of fused-ring (bicyclic) bond motifs is 10. The summed E-state index contributed by atoms with van der Waals surface area (Å²) in [4.78, 5) is 3.69. The van der Waals surface area contributed by atoms with Crippen molar-refractivity contribution in [2.45, 2.75) is 12.0 Å². The maximum Gasteiger partial charge on any atom is 0.132 e. The van der Waals surface area contributed by atoms with Crippen molar-refractivity contribution in [3.63, 3.8) is 0 Å². The van der Waals surface area contributed by atoms with Crippen LogP contribution in [-0.2, 0) is 0 Å². The van der Waals surface area contributed by atoms with Gasteiger partial charge in [0.05, 0.1) is 0 Å². The lowest BCUT2D eigenvalue weighted by Gasteiger charge is -2.30. The van der Waals surface area contributed by atoms with E-state index in [0.717, 1.165) is 22.8 Å². The lowest BCUT2D eigenvalue weighted by Crippen LogP contribution is -2.24. The summed E-state index contributed by atoms with van der Waals surface area (Å²) in [6, 6.07) is 55.3. The molecule has 1 aliphatic heterocycles. The van der Waals surface area contributed by atoms with Gasteiger partial charge in [0.2, 0.25) is 0 Å². The molecule has 11 rings (SSSR count). The molecule has 0 radical (unpaired) electrons. The van der Waals surface area contributed by atoms with Crippen LogP contribution in [0.3, 0.4) is 0 Å². The van der Waals surface area contributed by atoms with Crippen LogP contribution in [0.5, 0.6) is 5.75 Å². The fourth-order valence-electron chi connectivity index (χ4n) is 8.20. The van der Waals surface area contributed by atoms with Gasteiger partial charge in [0.15, 0.2) is 0 Å². The van der Waals surface area contributed by atoms with Crippen LogP contribution < -0.4 is 9.64 Å². The maximum absolute atomic E-state index is 6.97. The van der Waals surface area contributed by atoms with Gasteiger partial charge in [-0.15, -0.1) is 22.7 Å². The highest BCUT2D eigenvalue weighted by Crippen LogP contribution is 2.51. The van der Waals surface area contributed by atoms with Crippen molar-refractivity contribution in [1.82, 2.24) is 0 Å². The smallest absolute Gasteiger partial charge is 0.132 e. The van der Waals surface area contributed by atoms with E-state index in [1.807, 2.05) is 11.3 Å². The SMILES string of the molecule is C1=CC2c3c(c4ccccc4c4ccccc34)OC2C=C1N(c1ccc(-c2cc3sccc3s2)cc1)c1ccc2ccc(-c3ccccc3)cc2c1. The predicted octanol–water partition coefficient (Wildman–Crippen LogP) is 13.9.